The lowest BCUT2D eigenvalue weighted by molar-refractivity contribution is 0.298. The highest BCUT2D eigenvalue weighted by atomic mass is 127. The van der Waals surface area contributed by atoms with Crippen LogP contribution in [0.4, 0.5) is 0 Å². The summed E-state index contributed by atoms with van der Waals surface area (Å²) in [6.07, 6.45) is 6.93. The van der Waals surface area contributed by atoms with Gasteiger partial charge in [0.1, 0.15) is 12.4 Å². The summed E-state index contributed by atoms with van der Waals surface area (Å²) in [7, 11) is 0. The van der Waals surface area contributed by atoms with Gasteiger partial charge in [0.25, 0.3) is 5.56 Å². The van der Waals surface area contributed by atoms with E-state index in [1.54, 1.807) is 12.3 Å². The van der Waals surface area contributed by atoms with Gasteiger partial charge in [0.2, 0.25) is 0 Å². The summed E-state index contributed by atoms with van der Waals surface area (Å²) < 4.78 is 14.3. The summed E-state index contributed by atoms with van der Waals surface area (Å²) in [5, 5.41) is 4.98. The Kier molecular flexibility index (Phi) is 7.73. The van der Waals surface area contributed by atoms with Gasteiger partial charge in [0, 0.05) is 10.4 Å². The van der Waals surface area contributed by atoms with Crippen molar-refractivity contribution in [2.24, 2.45) is 5.10 Å². The van der Waals surface area contributed by atoms with Crippen molar-refractivity contribution >= 4 is 55.6 Å². The first kappa shape index (κ1) is 23.3. The molecular formula is C23H21BrIN3O3. The van der Waals surface area contributed by atoms with Crippen molar-refractivity contribution in [3.63, 3.8) is 0 Å². The number of aromatic nitrogens is 2. The molecule has 1 heterocycles. The van der Waals surface area contributed by atoms with Gasteiger partial charge in [-0.05, 0) is 65.4 Å². The second-order valence-corrected chi connectivity index (χ2v) is 8.98. The van der Waals surface area contributed by atoms with Crippen LogP contribution in [-0.2, 0) is 0 Å². The van der Waals surface area contributed by atoms with Crippen LogP contribution in [0, 0.1) is 15.9 Å². The molecule has 31 heavy (non-hydrogen) atoms. The largest absolute Gasteiger partial charge is 0.490 e. The molecule has 160 valence electrons. The zero-order valence-corrected chi connectivity index (χ0v) is 21.1. The number of terminal acetylenes is 1. The third-order valence-electron chi connectivity index (χ3n) is 4.30. The van der Waals surface area contributed by atoms with Gasteiger partial charge in [-0.15, -0.1) is 6.42 Å². The van der Waals surface area contributed by atoms with E-state index in [2.05, 4.69) is 54.5 Å². The van der Waals surface area contributed by atoms with E-state index >= 15 is 0 Å². The molecule has 0 saturated heterocycles. The predicted molar refractivity (Wildman–Crippen MR) is 135 cm³/mol. The van der Waals surface area contributed by atoms with E-state index in [4.69, 9.17) is 15.9 Å². The zero-order valence-electron chi connectivity index (χ0n) is 17.4. The molecule has 8 heteroatoms. The quantitative estimate of drug-likeness (QED) is 0.215. The van der Waals surface area contributed by atoms with Crippen molar-refractivity contribution in [3.8, 4) is 23.8 Å². The molecule has 0 fully saturated rings. The summed E-state index contributed by atoms with van der Waals surface area (Å²) in [6, 6.07) is 9.16. The fourth-order valence-electron chi connectivity index (χ4n) is 2.95. The van der Waals surface area contributed by atoms with Crippen LogP contribution in [0.1, 0.15) is 38.1 Å². The van der Waals surface area contributed by atoms with E-state index in [1.165, 1.54) is 4.68 Å². The van der Waals surface area contributed by atoms with Crippen molar-refractivity contribution in [1.29, 1.82) is 0 Å². The number of benzene rings is 2. The Labute approximate surface area is 202 Å². The molecule has 0 unspecified atom stereocenters. The maximum atomic E-state index is 13.2. The van der Waals surface area contributed by atoms with E-state index in [-0.39, 0.29) is 18.1 Å². The minimum absolute atomic E-state index is 0.0107. The molecule has 0 aliphatic heterocycles. The van der Waals surface area contributed by atoms with Crippen molar-refractivity contribution in [3.05, 3.63) is 60.1 Å². The van der Waals surface area contributed by atoms with Gasteiger partial charge in [-0.1, -0.05) is 35.7 Å². The summed E-state index contributed by atoms with van der Waals surface area (Å²) in [5.74, 6) is 4.22. The monoisotopic (exact) mass is 593 g/mol. The van der Waals surface area contributed by atoms with Crippen LogP contribution in [0.5, 0.6) is 11.5 Å². The Morgan fingerprint density at radius 2 is 2.10 bits per heavy atom. The number of hydrogen-bond donors (Lipinski definition) is 0. The second kappa shape index (κ2) is 10.3. The molecule has 0 aliphatic carbocycles. The van der Waals surface area contributed by atoms with Gasteiger partial charge in [0.15, 0.2) is 11.5 Å². The van der Waals surface area contributed by atoms with Gasteiger partial charge >= 0.3 is 0 Å². The van der Waals surface area contributed by atoms with E-state index in [9.17, 15) is 4.79 Å². The average Bonchev–Trinajstić information content (AvgIpc) is 2.73. The topological polar surface area (TPSA) is 65.7 Å². The lowest BCUT2D eigenvalue weighted by atomic mass is 10.2. The number of halogens is 2. The fourth-order valence-corrected chi connectivity index (χ4v) is 4.10. The number of fused-ring (bicyclic) bond motifs is 1. The molecule has 1 aromatic heterocycles. The van der Waals surface area contributed by atoms with E-state index < -0.39 is 0 Å². The molecule has 0 radical (unpaired) electrons. The molecule has 0 N–H and O–H groups in total. The van der Waals surface area contributed by atoms with E-state index in [0.717, 1.165) is 13.6 Å². The molecule has 0 spiro atoms. The SMILES string of the molecule is C#CCOc1c(I)cc(C=Nn2c(C(C)C)nc3ccc(Br)cc3c2=O)cc1OCC. The molecule has 0 saturated carbocycles. The van der Waals surface area contributed by atoms with Crippen LogP contribution in [0.25, 0.3) is 10.9 Å². The zero-order chi connectivity index (χ0) is 22.5. The summed E-state index contributed by atoms with van der Waals surface area (Å²) >= 11 is 5.58. The Hall–Kier alpha value is -2.38. The molecule has 0 amide bonds. The summed E-state index contributed by atoms with van der Waals surface area (Å²) in [6.45, 7) is 6.48. The van der Waals surface area contributed by atoms with Crippen LogP contribution >= 0.6 is 38.5 Å². The first-order valence-corrected chi connectivity index (χ1v) is 11.5. The van der Waals surface area contributed by atoms with Crippen LogP contribution in [0.3, 0.4) is 0 Å². The van der Waals surface area contributed by atoms with Crippen molar-refractivity contribution in [2.75, 3.05) is 13.2 Å². The first-order valence-electron chi connectivity index (χ1n) is 9.64. The number of nitrogens with zero attached hydrogens (tertiary/aromatic N) is 3. The molecule has 3 aromatic rings. The van der Waals surface area contributed by atoms with Crippen molar-refractivity contribution in [1.82, 2.24) is 9.66 Å². The number of rotatable bonds is 7. The Morgan fingerprint density at radius 3 is 2.77 bits per heavy atom. The van der Waals surface area contributed by atoms with Crippen molar-refractivity contribution < 1.29 is 9.47 Å². The van der Waals surface area contributed by atoms with Gasteiger partial charge in [-0.25, -0.2) is 4.98 Å². The first-order chi connectivity index (χ1) is 14.8. The minimum Gasteiger partial charge on any atom is -0.490 e. The predicted octanol–water partition coefficient (Wildman–Crippen LogP) is 5.18. The lowest BCUT2D eigenvalue weighted by Crippen LogP contribution is -2.23. The van der Waals surface area contributed by atoms with Crippen LogP contribution in [0.15, 0.2) is 44.7 Å². The van der Waals surface area contributed by atoms with Crippen LogP contribution < -0.4 is 15.0 Å². The normalized spacial score (nSPS) is 11.3. The summed E-state index contributed by atoms with van der Waals surface area (Å²) in [4.78, 5) is 17.8. The highest BCUT2D eigenvalue weighted by Gasteiger charge is 2.15. The maximum Gasteiger partial charge on any atom is 0.282 e. The highest BCUT2D eigenvalue weighted by Crippen LogP contribution is 2.34. The maximum absolute atomic E-state index is 13.2. The van der Waals surface area contributed by atoms with E-state index in [0.29, 0.717) is 34.8 Å². The van der Waals surface area contributed by atoms with Crippen molar-refractivity contribution in [2.45, 2.75) is 26.7 Å². The lowest BCUT2D eigenvalue weighted by Gasteiger charge is -2.14. The molecule has 0 aliphatic rings. The third kappa shape index (κ3) is 5.28. The highest BCUT2D eigenvalue weighted by molar-refractivity contribution is 14.1. The van der Waals surface area contributed by atoms with Crippen LogP contribution in [0.2, 0.25) is 0 Å². The smallest absolute Gasteiger partial charge is 0.282 e. The second-order valence-electron chi connectivity index (χ2n) is 6.90. The Balaban J connectivity index is 2.10. The summed E-state index contributed by atoms with van der Waals surface area (Å²) in [5.41, 5.74) is 1.18. The van der Waals surface area contributed by atoms with Gasteiger partial charge in [-0.2, -0.15) is 9.78 Å². The standard InChI is InChI=1S/C23H21BrIN3O3/c1-5-9-31-21-18(25)10-15(11-20(21)30-6-2)13-26-28-22(14(3)4)27-19-8-7-16(24)12-17(19)23(28)29/h1,7-8,10-14H,6,9H2,2-4H3. The Bertz CT molecular complexity index is 1250. The molecule has 6 nitrogen and oxygen atoms in total. The average molecular weight is 594 g/mol. The molecular weight excluding hydrogens is 573 g/mol. The Morgan fingerprint density at radius 1 is 1.32 bits per heavy atom. The fraction of sp³-hybridized carbons (Fsp3) is 0.261. The minimum atomic E-state index is -0.222. The van der Waals surface area contributed by atoms with Gasteiger partial charge < -0.3 is 9.47 Å². The molecule has 2 aromatic carbocycles. The van der Waals surface area contributed by atoms with Crippen LogP contribution in [-0.4, -0.2) is 29.1 Å². The molecule has 0 atom stereocenters. The number of ether oxygens (including phenoxy) is 2. The molecule has 0 bridgehead atoms. The van der Waals surface area contributed by atoms with Gasteiger partial charge in [-0.3, -0.25) is 4.79 Å². The molecule has 3 rings (SSSR count). The van der Waals surface area contributed by atoms with E-state index in [1.807, 2.05) is 45.0 Å². The number of hydrogen-bond acceptors (Lipinski definition) is 5. The van der Waals surface area contributed by atoms with Gasteiger partial charge in [0.05, 0.1) is 27.3 Å². The third-order valence-corrected chi connectivity index (χ3v) is 5.60.